The molecule has 0 radical (unpaired) electrons. The zero-order valence-electron chi connectivity index (χ0n) is 15.0. The number of amides is 2. The van der Waals surface area contributed by atoms with Crippen LogP contribution in [0.5, 0.6) is 5.75 Å². The van der Waals surface area contributed by atoms with E-state index in [0.29, 0.717) is 45.8 Å². The topological polar surface area (TPSA) is 72.3 Å². The highest BCUT2D eigenvalue weighted by atomic mass is 16.5. The molecule has 1 saturated heterocycles. The summed E-state index contributed by atoms with van der Waals surface area (Å²) in [5, 5.41) is 2.91. The second-order valence-electron chi connectivity index (χ2n) is 6.22. The Morgan fingerprint density at radius 1 is 1.24 bits per heavy atom. The van der Waals surface area contributed by atoms with Crippen LogP contribution in [0.4, 0.5) is 0 Å². The number of ether oxygens (including phenoxy) is 2. The molecule has 7 nitrogen and oxygen atoms in total. The van der Waals surface area contributed by atoms with Gasteiger partial charge in [-0.2, -0.15) is 0 Å². The molecule has 7 heteroatoms. The molecule has 0 spiro atoms. The lowest BCUT2D eigenvalue weighted by atomic mass is 10.1. The summed E-state index contributed by atoms with van der Waals surface area (Å²) >= 11 is 0. The van der Waals surface area contributed by atoms with E-state index < -0.39 is 0 Å². The number of hydrogen-bond acceptors (Lipinski definition) is 4. The monoisotopic (exact) mass is 350 g/mol. The van der Waals surface area contributed by atoms with Gasteiger partial charge in [-0.3, -0.25) is 9.59 Å². The number of nitrogens with zero attached hydrogens (tertiary/aromatic N) is 1. The third-order valence-electron chi connectivity index (χ3n) is 4.19. The van der Waals surface area contributed by atoms with Crippen LogP contribution in [-0.2, 0) is 20.7 Å². The Hall–Kier alpha value is -2.12. The Kier molecular flexibility index (Phi) is 7.69. The number of likely N-dealkylation sites (N-methyl/N-ethyl adjacent to an activating group) is 1. The SMILES string of the molecule is COc1ccccc1CCNC(=O)C[NH+](C)CC(=O)N1CCOCC1. The van der Waals surface area contributed by atoms with Crippen molar-refractivity contribution in [2.75, 3.05) is 60.1 Å². The van der Waals surface area contributed by atoms with Gasteiger partial charge in [0, 0.05) is 19.6 Å². The van der Waals surface area contributed by atoms with Gasteiger partial charge in [-0.05, 0) is 18.1 Å². The van der Waals surface area contributed by atoms with E-state index in [9.17, 15) is 9.59 Å². The third-order valence-corrected chi connectivity index (χ3v) is 4.19. The first-order valence-corrected chi connectivity index (χ1v) is 8.65. The number of hydrogen-bond donors (Lipinski definition) is 2. The molecule has 1 aliphatic heterocycles. The number of para-hydroxylation sites is 1. The zero-order chi connectivity index (χ0) is 18.1. The molecule has 1 heterocycles. The Balaban J connectivity index is 1.68. The van der Waals surface area contributed by atoms with Crippen molar-refractivity contribution in [1.82, 2.24) is 10.2 Å². The van der Waals surface area contributed by atoms with Gasteiger partial charge in [0.05, 0.1) is 27.4 Å². The van der Waals surface area contributed by atoms with Gasteiger partial charge in [0.15, 0.2) is 13.1 Å². The Morgan fingerprint density at radius 2 is 1.96 bits per heavy atom. The van der Waals surface area contributed by atoms with Crippen molar-refractivity contribution in [3.63, 3.8) is 0 Å². The lowest BCUT2D eigenvalue weighted by Crippen LogP contribution is -3.11. The largest absolute Gasteiger partial charge is 0.496 e. The molecule has 1 aromatic carbocycles. The molecule has 2 rings (SSSR count). The van der Waals surface area contributed by atoms with Crippen LogP contribution < -0.4 is 15.0 Å². The number of carbonyl (C=O) groups is 2. The molecule has 138 valence electrons. The summed E-state index contributed by atoms with van der Waals surface area (Å²) in [5.41, 5.74) is 1.06. The number of carbonyl (C=O) groups excluding carboxylic acids is 2. The van der Waals surface area contributed by atoms with Gasteiger partial charge in [-0.1, -0.05) is 18.2 Å². The fraction of sp³-hybridized carbons (Fsp3) is 0.556. The van der Waals surface area contributed by atoms with Gasteiger partial charge in [-0.15, -0.1) is 0 Å². The van der Waals surface area contributed by atoms with Crippen LogP contribution in [0.25, 0.3) is 0 Å². The number of benzene rings is 1. The fourth-order valence-corrected chi connectivity index (χ4v) is 2.83. The fourth-order valence-electron chi connectivity index (χ4n) is 2.83. The molecule has 1 unspecified atom stereocenters. The minimum Gasteiger partial charge on any atom is -0.496 e. The predicted molar refractivity (Wildman–Crippen MR) is 93.7 cm³/mol. The van der Waals surface area contributed by atoms with Crippen molar-refractivity contribution in [3.8, 4) is 5.75 Å². The van der Waals surface area contributed by atoms with E-state index in [1.54, 1.807) is 12.0 Å². The molecular formula is C18H28N3O4+. The van der Waals surface area contributed by atoms with Crippen LogP contribution in [0.3, 0.4) is 0 Å². The zero-order valence-corrected chi connectivity index (χ0v) is 15.0. The van der Waals surface area contributed by atoms with Crippen LogP contribution in [0.1, 0.15) is 5.56 Å². The lowest BCUT2D eigenvalue weighted by Gasteiger charge is -2.27. The van der Waals surface area contributed by atoms with E-state index in [1.807, 2.05) is 31.3 Å². The molecule has 2 N–H and O–H groups in total. The van der Waals surface area contributed by atoms with Crippen LogP contribution in [0.15, 0.2) is 24.3 Å². The van der Waals surface area contributed by atoms with E-state index in [-0.39, 0.29) is 18.4 Å². The van der Waals surface area contributed by atoms with E-state index in [0.717, 1.165) is 16.2 Å². The highest BCUT2D eigenvalue weighted by molar-refractivity contribution is 5.79. The van der Waals surface area contributed by atoms with Crippen molar-refractivity contribution in [2.24, 2.45) is 0 Å². The van der Waals surface area contributed by atoms with Gasteiger partial charge in [0.1, 0.15) is 5.75 Å². The van der Waals surface area contributed by atoms with Gasteiger partial charge < -0.3 is 24.6 Å². The average molecular weight is 350 g/mol. The van der Waals surface area contributed by atoms with Gasteiger partial charge >= 0.3 is 0 Å². The highest BCUT2D eigenvalue weighted by Crippen LogP contribution is 2.17. The summed E-state index contributed by atoms with van der Waals surface area (Å²) in [6, 6.07) is 7.77. The standard InChI is InChI=1S/C18H27N3O4/c1-20(14-18(23)21-9-11-25-12-10-21)13-17(22)19-8-7-15-5-3-4-6-16(15)24-2/h3-6H,7-14H2,1-2H3,(H,19,22)/p+1. The predicted octanol–water partition coefficient (Wildman–Crippen LogP) is -1.27. The summed E-state index contributed by atoms with van der Waals surface area (Å²) in [7, 11) is 3.50. The van der Waals surface area contributed by atoms with Gasteiger partial charge in [0.25, 0.3) is 11.8 Å². The summed E-state index contributed by atoms with van der Waals surface area (Å²) in [6.07, 6.45) is 0.710. The first kappa shape index (κ1) is 19.2. The first-order chi connectivity index (χ1) is 12.1. The maximum absolute atomic E-state index is 12.2. The molecule has 1 atom stereocenters. The normalized spacial score (nSPS) is 15.5. The van der Waals surface area contributed by atoms with E-state index in [4.69, 9.17) is 9.47 Å². The summed E-state index contributed by atoms with van der Waals surface area (Å²) in [6.45, 7) is 3.60. The van der Waals surface area contributed by atoms with Gasteiger partial charge in [-0.25, -0.2) is 0 Å². The minimum atomic E-state index is -0.0535. The van der Waals surface area contributed by atoms with Crippen molar-refractivity contribution in [1.29, 1.82) is 0 Å². The molecule has 0 aromatic heterocycles. The smallest absolute Gasteiger partial charge is 0.277 e. The molecule has 0 bridgehead atoms. The van der Waals surface area contributed by atoms with Crippen molar-refractivity contribution >= 4 is 11.8 Å². The summed E-state index contributed by atoms with van der Waals surface area (Å²) < 4.78 is 10.5. The number of rotatable bonds is 8. The summed E-state index contributed by atoms with van der Waals surface area (Å²) in [4.78, 5) is 26.9. The molecule has 2 amide bonds. The van der Waals surface area contributed by atoms with E-state index in [1.165, 1.54) is 0 Å². The van der Waals surface area contributed by atoms with Gasteiger partial charge in [0.2, 0.25) is 0 Å². The Morgan fingerprint density at radius 3 is 2.68 bits per heavy atom. The molecule has 1 fully saturated rings. The quantitative estimate of drug-likeness (QED) is 0.613. The van der Waals surface area contributed by atoms with Crippen molar-refractivity contribution < 1.29 is 24.0 Å². The van der Waals surface area contributed by atoms with Crippen molar-refractivity contribution in [2.45, 2.75) is 6.42 Å². The maximum atomic E-state index is 12.2. The Labute approximate surface area is 148 Å². The molecule has 0 saturated carbocycles. The van der Waals surface area contributed by atoms with Crippen LogP contribution >= 0.6 is 0 Å². The highest BCUT2D eigenvalue weighted by Gasteiger charge is 2.21. The maximum Gasteiger partial charge on any atom is 0.277 e. The number of morpholine rings is 1. The summed E-state index contributed by atoms with van der Waals surface area (Å²) in [5.74, 6) is 0.848. The van der Waals surface area contributed by atoms with Crippen LogP contribution in [0.2, 0.25) is 0 Å². The van der Waals surface area contributed by atoms with Crippen LogP contribution in [-0.4, -0.2) is 76.8 Å². The first-order valence-electron chi connectivity index (χ1n) is 8.65. The molecule has 1 aliphatic rings. The third kappa shape index (κ3) is 6.36. The minimum absolute atomic E-state index is 0.0535. The molecule has 25 heavy (non-hydrogen) atoms. The molecular weight excluding hydrogens is 322 g/mol. The molecule has 1 aromatic rings. The molecule has 0 aliphatic carbocycles. The second kappa shape index (κ2) is 10.0. The number of nitrogens with one attached hydrogen (secondary N) is 2. The number of methoxy groups -OCH3 is 1. The van der Waals surface area contributed by atoms with Crippen molar-refractivity contribution in [3.05, 3.63) is 29.8 Å². The van der Waals surface area contributed by atoms with E-state index in [2.05, 4.69) is 5.32 Å². The Bertz CT molecular complexity index is 573. The van der Waals surface area contributed by atoms with Crippen LogP contribution in [0, 0.1) is 0 Å². The number of quaternary nitrogens is 1. The van der Waals surface area contributed by atoms with E-state index >= 15 is 0 Å². The second-order valence-corrected chi connectivity index (χ2v) is 6.22. The lowest BCUT2D eigenvalue weighted by molar-refractivity contribution is -0.863. The average Bonchev–Trinajstić information content (AvgIpc) is 2.62.